The molecule has 5 rings (SSSR count). The summed E-state index contributed by atoms with van der Waals surface area (Å²) in [5, 5.41) is 3.88. The van der Waals surface area contributed by atoms with E-state index < -0.39 is 0 Å². The summed E-state index contributed by atoms with van der Waals surface area (Å²) in [7, 11) is 0. The molecule has 6 heteroatoms. The highest BCUT2D eigenvalue weighted by Crippen LogP contribution is 2.45. The number of amides is 1. The van der Waals surface area contributed by atoms with Gasteiger partial charge in [-0.05, 0) is 91.3 Å². The minimum Gasteiger partial charge on any atom is -0.467 e. The molecular formula is C30H37N3O2S. The summed E-state index contributed by atoms with van der Waals surface area (Å²) in [5.41, 5.74) is 5.78. The smallest absolute Gasteiger partial charge is 0.255 e. The maximum atomic E-state index is 13.4. The average Bonchev–Trinajstić information content (AvgIpc) is 3.62. The lowest BCUT2D eigenvalue weighted by atomic mass is 9.72. The van der Waals surface area contributed by atoms with Crippen LogP contribution in [0.4, 0.5) is 10.7 Å². The van der Waals surface area contributed by atoms with Crippen LogP contribution in [-0.4, -0.2) is 25.2 Å². The van der Waals surface area contributed by atoms with Crippen molar-refractivity contribution in [3.8, 4) is 0 Å². The number of nitrogens with zero attached hydrogens (tertiary/aromatic N) is 2. The van der Waals surface area contributed by atoms with Gasteiger partial charge in [0.25, 0.3) is 5.91 Å². The molecule has 2 aliphatic rings. The summed E-state index contributed by atoms with van der Waals surface area (Å²) in [6.45, 7) is 11.8. The molecule has 0 spiro atoms. The lowest BCUT2D eigenvalue weighted by Gasteiger charge is -2.33. The highest BCUT2D eigenvalue weighted by Gasteiger charge is 2.33. The SMILES string of the molecule is Cc1cc(N2CCCC2)ccc1C=Nc1sc2c(c1C(=O)NCc1ccco1)CC[C@H](C(C)(C)C)C2. The summed E-state index contributed by atoms with van der Waals surface area (Å²) in [4.78, 5) is 22.1. The fourth-order valence-electron chi connectivity index (χ4n) is 5.41. The Hall–Kier alpha value is -2.86. The fraction of sp³-hybridized carbons (Fsp3) is 0.467. The quantitative estimate of drug-likeness (QED) is 0.366. The van der Waals surface area contributed by atoms with Gasteiger partial charge in [0.05, 0.1) is 18.4 Å². The van der Waals surface area contributed by atoms with Crippen LogP contribution in [0.2, 0.25) is 0 Å². The van der Waals surface area contributed by atoms with Gasteiger partial charge in [0.1, 0.15) is 10.8 Å². The molecule has 190 valence electrons. The zero-order valence-corrected chi connectivity index (χ0v) is 22.7. The van der Waals surface area contributed by atoms with E-state index in [-0.39, 0.29) is 11.3 Å². The van der Waals surface area contributed by atoms with Crippen LogP contribution in [0.1, 0.15) is 77.7 Å². The number of aryl methyl sites for hydroxylation is 1. The Bertz CT molecular complexity index is 1240. The third-order valence-electron chi connectivity index (χ3n) is 7.75. The van der Waals surface area contributed by atoms with Crippen molar-refractivity contribution in [2.24, 2.45) is 16.3 Å². The first-order valence-corrected chi connectivity index (χ1v) is 14.0. The molecule has 0 saturated carbocycles. The molecule has 36 heavy (non-hydrogen) atoms. The lowest BCUT2D eigenvalue weighted by molar-refractivity contribution is 0.0947. The Morgan fingerprint density at radius 2 is 2.06 bits per heavy atom. The molecule has 0 radical (unpaired) electrons. The van der Waals surface area contributed by atoms with E-state index in [1.165, 1.54) is 34.5 Å². The molecule has 1 N–H and O–H groups in total. The van der Waals surface area contributed by atoms with E-state index in [0.29, 0.717) is 12.5 Å². The Kier molecular flexibility index (Phi) is 7.07. The molecule has 1 aromatic carbocycles. The number of thiophene rings is 1. The summed E-state index contributed by atoms with van der Waals surface area (Å²) >= 11 is 1.69. The van der Waals surface area contributed by atoms with Crippen molar-refractivity contribution in [1.29, 1.82) is 0 Å². The van der Waals surface area contributed by atoms with E-state index in [4.69, 9.17) is 9.41 Å². The zero-order chi connectivity index (χ0) is 25.3. The number of benzene rings is 1. The Labute approximate surface area is 218 Å². The molecule has 1 saturated heterocycles. The predicted octanol–water partition coefficient (Wildman–Crippen LogP) is 7.08. The lowest BCUT2D eigenvalue weighted by Crippen LogP contribution is -2.28. The standard InChI is InChI=1S/C30H37N3O2S/c1-20-16-23(33-13-5-6-14-33)11-9-21(20)18-32-29-27(28(34)31-19-24-8-7-15-35-24)25-12-10-22(30(2,3)4)17-26(25)36-29/h7-9,11,15-16,18,22H,5-6,10,12-14,17,19H2,1-4H3,(H,31,34)/t22-/m0/s1. The van der Waals surface area contributed by atoms with Gasteiger partial charge in [-0.1, -0.05) is 26.8 Å². The van der Waals surface area contributed by atoms with Gasteiger partial charge in [0, 0.05) is 29.9 Å². The van der Waals surface area contributed by atoms with Crippen LogP contribution in [0.15, 0.2) is 46.0 Å². The summed E-state index contributed by atoms with van der Waals surface area (Å²) < 4.78 is 5.42. The Balaban J connectivity index is 1.43. The molecule has 0 bridgehead atoms. The summed E-state index contributed by atoms with van der Waals surface area (Å²) in [6, 6.07) is 10.3. The predicted molar refractivity (Wildman–Crippen MR) is 149 cm³/mol. The molecule has 1 fully saturated rings. The number of carbonyl (C=O) groups excluding carboxylic acids is 1. The molecule has 0 unspecified atom stereocenters. The van der Waals surface area contributed by atoms with E-state index in [1.807, 2.05) is 18.3 Å². The van der Waals surface area contributed by atoms with Crippen LogP contribution in [0, 0.1) is 18.3 Å². The van der Waals surface area contributed by atoms with Gasteiger partial charge >= 0.3 is 0 Å². The van der Waals surface area contributed by atoms with Crippen LogP contribution >= 0.6 is 11.3 Å². The van der Waals surface area contributed by atoms with E-state index in [0.717, 1.165) is 54.2 Å². The van der Waals surface area contributed by atoms with Crippen LogP contribution in [0.5, 0.6) is 0 Å². The fourth-order valence-corrected chi connectivity index (χ4v) is 6.68. The maximum Gasteiger partial charge on any atom is 0.255 e. The Morgan fingerprint density at radius 1 is 1.25 bits per heavy atom. The number of hydrogen-bond acceptors (Lipinski definition) is 5. The molecule has 1 amide bonds. The number of fused-ring (bicyclic) bond motifs is 1. The van der Waals surface area contributed by atoms with Crippen molar-refractivity contribution in [3.05, 3.63) is 69.5 Å². The van der Waals surface area contributed by atoms with Gasteiger partial charge in [-0.2, -0.15) is 0 Å². The molecule has 3 aromatic rings. The maximum absolute atomic E-state index is 13.4. The summed E-state index contributed by atoms with van der Waals surface area (Å²) in [6.07, 6.45) is 9.15. The van der Waals surface area contributed by atoms with Crippen molar-refractivity contribution < 1.29 is 9.21 Å². The van der Waals surface area contributed by atoms with Crippen molar-refractivity contribution in [2.75, 3.05) is 18.0 Å². The highest BCUT2D eigenvalue weighted by atomic mass is 32.1. The highest BCUT2D eigenvalue weighted by molar-refractivity contribution is 7.16. The van der Waals surface area contributed by atoms with Gasteiger partial charge in [-0.3, -0.25) is 4.79 Å². The van der Waals surface area contributed by atoms with Crippen LogP contribution in [0.3, 0.4) is 0 Å². The van der Waals surface area contributed by atoms with Crippen LogP contribution in [-0.2, 0) is 19.4 Å². The largest absolute Gasteiger partial charge is 0.467 e. The third kappa shape index (κ3) is 5.29. The topological polar surface area (TPSA) is 57.8 Å². The van der Waals surface area contributed by atoms with E-state index >= 15 is 0 Å². The van der Waals surface area contributed by atoms with Crippen molar-refractivity contribution in [3.63, 3.8) is 0 Å². The number of nitrogens with one attached hydrogen (secondary N) is 1. The first-order chi connectivity index (χ1) is 17.3. The van der Waals surface area contributed by atoms with Gasteiger partial charge < -0.3 is 14.6 Å². The Morgan fingerprint density at radius 3 is 2.75 bits per heavy atom. The second-order valence-corrected chi connectivity index (χ2v) is 12.3. The minimum atomic E-state index is -0.0636. The molecule has 1 aliphatic heterocycles. The van der Waals surface area contributed by atoms with E-state index in [9.17, 15) is 4.79 Å². The average molecular weight is 504 g/mol. The number of carbonyl (C=O) groups is 1. The molecule has 2 aromatic heterocycles. The number of aliphatic imine (C=N–C) groups is 1. The van der Waals surface area contributed by atoms with Gasteiger partial charge in [0.15, 0.2) is 0 Å². The monoisotopic (exact) mass is 503 g/mol. The number of anilines is 1. The van der Waals surface area contributed by atoms with Crippen molar-refractivity contribution in [1.82, 2.24) is 5.32 Å². The van der Waals surface area contributed by atoms with E-state index in [2.05, 4.69) is 56.1 Å². The first kappa shape index (κ1) is 24.8. The number of rotatable bonds is 6. The number of furan rings is 1. The van der Waals surface area contributed by atoms with Gasteiger partial charge in [0.2, 0.25) is 0 Å². The molecule has 1 aliphatic carbocycles. The minimum absolute atomic E-state index is 0.0636. The van der Waals surface area contributed by atoms with Crippen molar-refractivity contribution in [2.45, 2.75) is 66.3 Å². The summed E-state index contributed by atoms with van der Waals surface area (Å²) in [5.74, 6) is 1.30. The second kappa shape index (κ2) is 10.3. The molecule has 5 nitrogen and oxygen atoms in total. The third-order valence-corrected chi connectivity index (χ3v) is 8.91. The molecule has 3 heterocycles. The van der Waals surface area contributed by atoms with Gasteiger partial charge in [-0.15, -0.1) is 11.3 Å². The van der Waals surface area contributed by atoms with E-state index in [1.54, 1.807) is 17.6 Å². The normalized spacial score (nSPS) is 18.1. The molecular weight excluding hydrogens is 466 g/mol. The first-order valence-electron chi connectivity index (χ1n) is 13.1. The van der Waals surface area contributed by atoms with Crippen LogP contribution in [0.25, 0.3) is 0 Å². The van der Waals surface area contributed by atoms with Gasteiger partial charge in [-0.25, -0.2) is 4.99 Å². The number of hydrogen-bond donors (Lipinski definition) is 1. The van der Waals surface area contributed by atoms with Crippen LogP contribution < -0.4 is 10.2 Å². The zero-order valence-electron chi connectivity index (χ0n) is 21.9. The van der Waals surface area contributed by atoms with Crippen molar-refractivity contribution >= 4 is 34.1 Å². The molecule has 1 atom stereocenters. The second-order valence-electron chi connectivity index (χ2n) is 11.2.